The van der Waals surface area contributed by atoms with E-state index in [-0.39, 0.29) is 98.7 Å². The lowest BCUT2D eigenvalue weighted by Gasteiger charge is -2.35. The maximum atomic E-state index is 14.6. The van der Waals surface area contributed by atoms with Crippen molar-refractivity contribution in [3.63, 3.8) is 0 Å². The Morgan fingerprint density at radius 2 is 1.00 bits per heavy atom. The summed E-state index contributed by atoms with van der Waals surface area (Å²) in [4.78, 5) is 139. The highest BCUT2D eigenvalue weighted by Crippen LogP contribution is 2.58. The molecule has 2 aromatic rings. The molecule has 10 aliphatic rings. The lowest BCUT2D eigenvalue weighted by molar-refractivity contribution is -0.157. The number of benzene rings is 2. The molecule has 22 heteroatoms. The van der Waals surface area contributed by atoms with Crippen molar-refractivity contribution < 1.29 is 72.0 Å². The van der Waals surface area contributed by atoms with Crippen molar-refractivity contribution in [1.82, 2.24) is 30.2 Å². The van der Waals surface area contributed by atoms with Gasteiger partial charge in [-0.2, -0.15) is 0 Å². The number of Topliss-reactive ketones (excluding diaryl/α,β-unsaturated/α-hetero) is 1. The summed E-state index contributed by atoms with van der Waals surface area (Å²) < 4.78 is 23.4. The molecular formula is C81H119N7O15. The molecule has 10 atom stereocenters. The number of esters is 2. The first kappa shape index (κ1) is 78.5. The first-order chi connectivity index (χ1) is 48.5. The van der Waals surface area contributed by atoms with Gasteiger partial charge < -0.3 is 50.2 Å². The van der Waals surface area contributed by atoms with Crippen LogP contribution in [0.1, 0.15) is 238 Å². The number of carbonyl (C=O) groups excluding carboxylic acids is 9. The monoisotopic (exact) mass is 1430 g/mol. The van der Waals surface area contributed by atoms with Crippen molar-refractivity contribution in [2.75, 3.05) is 39.4 Å². The smallest absolute Gasteiger partial charge is 0.410 e. The Balaban J connectivity index is 0.000000192. The fourth-order valence-corrected chi connectivity index (χ4v) is 16.4. The van der Waals surface area contributed by atoms with E-state index in [4.69, 9.17) is 24.7 Å². The summed E-state index contributed by atoms with van der Waals surface area (Å²) in [5.74, 6) is -2.73. The topological polar surface area (TPSA) is 291 Å². The van der Waals surface area contributed by atoms with Gasteiger partial charge in [-0.15, -0.1) is 0 Å². The number of ketones is 1. The van der Waals surface area contributed by atoms with E-state index in [1.54, 1.807) is 14.7 Å². The number of nitrogens with two attached hydrogens (primary N) is 1. The zero-order chi connectivity index (χ0) is 74.7. The molecule has 0 radical (unpaired) electrons. The van der Waals surface area contributed by atoms with E-state index >= 15 is 0 Å². The van der Waals surface area contributed by atoms with Gasteiger partial charge >= 0.3 is 30.1 Å². The highest BCUT2D eigenvalue weighted by atomic mass is 16.6. The molecule has 0 spiro atoms. The fraction of sp³-hybridized carbons (Fsp3) is 0.728. The molecule has 8 bridgehead atoms. The van der Waals surface area contributed by atoms with Crippen molar-refractivity contribution >= 4 is 59.5 Å². The van der Waals surface area contributed by atoms with Crippen LogP contribution in [-0.4, -0.2) is 153 Å². The number of fused-ring (bicyclic) bond motifs is 6. The number of rotatable bonds is 12. The van der Waals surface area contributed by atoms with Crippen LogP contribution in [0.3, 0.4) is 0 Å². The molecule has 2 saturated heterocycles. The van der Waals surface area contributed by atoms with Crippen LogP contribution in [0, 0.1) is 62.6 Å². The summed E-state index contributed by atoms with van der Waals surface area (Å²) >= 11 is 0. The highest BCUT2D eigenvalue weighted by Gasteiger charge is 2.61. The predicted octanol–water partition coefficient (Wildman–Crippen LogP) is 11.5. The maximum absolute atomic E-state index is 14.6. The molecule has 6 amide bonds. The Kier molecular flexibility index (Phi) is 24.3. The number of nitrogens with one attached hydrogen (secondary N) is 2. The molecule has 6 heterocycles. The Morgan fingerprint density at radius 3 is 1.41 bits per heavy atom. The molecule has 6 fully saturated rings. The van der Waals surface area contributed by atoms with Crippen molar-refractivity contribution in [2.24, 2.45) is 68.3 Å². The average molecular weight is 1430 g/mol. The number of nitrogens with zero attached hydrogens (tertiary/aromatic N) is 4. The molecule has 6 aliphatic heterocycles. The summed E-state index contributed by atoms with van der Waals surface area (Å²) in [7, 11) is 0. The number of aryl methyl sites for hydroxylation is 2. The van der Waals surface area contributed by atoms with Gasteiger partial charge in [-0.1, -0.05) is 145 Å². The summed E-state index contributed by atoms with van der Waals surface area (Å²) in [6.07, 6.45) is 13.1. The minimum atomic E-state index is -1.16. The van der Waals surface area contributed by atoms with Gasteiger partial charge in [0.2, 0.25) is 23.6 Å². The summed E-state index contributed by atoms with van der Waals surface area (Å²) in [5.41, 5.74) is 9.98. The summed E-state index contributed by atoms with van der Waals surface area (Å²) in [6, 6.07) is 10.4. The maximum Gasteiger partial charge on any atom is 0.410 e. The van der Waals surface area contributed by atoms with Crippen LogP contribution >= 0.6 is 0 Å². The van der Waals surface area contributed by atoms with Gasteiger partial charge in [0.05, 0.1) is 68.0 Å². The second-order valence-electron chi connectivity index (χ2n) is 35.7. The first-order valence-corrected chi connectivity index (χ1v) is 38.7. The van der Waals surface area contributed by atoms with Crippen LogP contribution in [0.2, 0.25) is 0 Å². The molecule has 22 nitrogen and oxygen atoms in total. The van der Waals surface area contributed by atoms with Gasteiger partial charge in [0.25, 0.3) is 0 Å². The van der Waals surface area contributed by atoms with Gasteiger partial charge in [-0.3, -0.25) is 43.4 Å². The summed E-state index contributed by atoms with van der Waals surface area (Å²) in [5, 5.41) is 16.0. The van der Waals surface area contributed by atoms with Crippen molar-refractivity contribution in [3.8, 4) is 0 Å². The zero-order valence-corrected chi connectivity index (χ0v) is 63.7. The molecule has 4 saturated carbocycles. The fourth-order valence-electron chi connectivity index (χ4n) is 16.4. The molecular weight excluding hydrogens is 1310 g/mol. The second kappa shape index (κ2) is 31.9. The molecule has 568 valence electrons. The molecule has 5 N–H and O–H groups in total. The molecule has 2 aromatic carbocycles. The Hall–Kier alpha value is -7.10. The van der Waals surface area contributed by atoms with E-state index in [2.05, 4.69) is 63.5 Å². The third-order valence-electron chi connectivity index (χ3n) is 24.0. The normalized spacial score (nSPS) is 29.7. The van der Waals surface area contributed by atoms with Gasteiger partial charge in [0.1, 0.15) is 18.2 Å². The van der Waals surface area contributed by atoms with Crippen molar-refractivity contribution in [3.05, 3.63) is 69.8 Å². The quantitative estimate of drug-likeness (QED) is 0.113. The van der Waals surface area contributed by atoms with E-state index in [9.17, 15) is 53.1 Å². The minimum Gasteiger partial charge on any atom is -0.480 e. The number of aliphatic carboxylic acids is 1. The van der Waals surface area contributed by atoms with Crippen LogP contribution in [-0.2, 0) is 96.3 Å². The van der Waals surface area contributed by atoms with Crippen LogP contribution in [0.4, 0.5) is 9.59 Å². The predicted molar refractivity (Wildman–Crippen MR) is 387 cm³/mol. The van der Waals surface area contributed by atoms with Crippen LogP contribution < -0.4 is 16.4 Å². The standard InChI is InChI=1S/C41H59N3O7.C30H42N2O7.C10H18N2O/c1-7-29-19-41(29,37(48)42-21-26-14-15-26)20-34(45)33-17-30-23-44(33)36(47)32(39(2,3)4)18-35(46)50-25-40(5,6)16-9-8-11-27-12-10-13-28-22-43(24-31(27)28)38(49)51-30;1-29(2,3)23-14-25(33)38-18-30(4,5)12-7-6-9-19-10-8-11-20-15-31(17-22(19)20)28(37)39-21-13-24(27(35)36)32(16-21)26(23)34;1-2-8-5-10(8,11)9(13)12-6-7-3-4-7/h10,12-13,26,29-30,32-33H,7-9,11,14-25H2,1-6H3,(H,42,48);8,10-11,21,23-24H,6-7,9,12-18H2,1-5H3,(H,35,36);7-8H,2-6,11H2,1H3,(H,12,13)/t29-,30?,32-,33+,41-;21?,23-,24+;8-,10-/m111/s1. The number of amides is 6. The zero-order valence-electron chi connectivity index (χ0n) is 63.7. The Morgan fingerprint density at radius 1 is 0.573 bits per heavy atom. The van der Waals surface area contributed by atoms with Crippen LogP contribution in [0.25, 0.3) is 0 Å². The van der Waals surface area contributed by atoms with E-state index in [0.717, 1.165) is 113 Å². The third-order valence-corrected chi connectivity index (χ3v) is 24.0. The number of carbonyl (C=O) groups is 10. The van der Waals surface area contributed by atoms with E-state index < -0.39 is 93.9 Å². The highest BCUT2D eigenvalue weighted by molar-refractivity contribution is 5.97. The van der Waals surface area contributed by atoms with E-state index in [0.29, 0.717) is 51.0 Å². The first-order valence-electron chi connectivity index (χ1n) is 38.7. The number of hydrogen-bond acceptors (Lipinski definition) is 15. The number of ether oxygens (including phenoxy) is 4. The lowest BCUT2D eigenvalue weighted by Crippen LogP contribution is -2.48. The molecule has 4 aliphatic carbocycles. The second-order valence-corrected chi connectivity index (χ2v) is 35.7. The average Bonchev–Trinajstić information content (AvgIpc) is 1.59. The van der Waals surface area contributed by atoms with Crippen LogP contribution in [0.5, 0.6) is 0 Å². The largest absolute Gasteiger partial charge is 0.480 e. The lowest BCUT2D eigenvalue weighted by atomic mass is 9.77. The molecule has 103 heavy (non-hydrogen) atoms. The van der Waals surface area contributed by atoms with Gasteiger partial charge in [-0.25, -0.2) is 14.4 Å². The number of cyclic esters (lactones) is 2. The van der Waals surface area contributed by atoms with Gasteiger partial charge in [-0.05, 0) is 156 Å². The molecule has 2 unspecified atom stereocenters. The Bertz CT molecular complexity index is 3490. The Labute approximate surface area is 610 Å². The third kappa shape index (κ3) is 19.7. The number of carboxylic acid groups (broad SMARTS) is 1. The van der Waals surface area contributed by atoms with Crippen LogP contribution in [0.15, 0.2) is 36.4 Å². The number of hydrogen-bond donors (Lipinski definition) is 4. The SMILES string of the molecule is CC1(C)CCCCc2cccc3c2CN(C3)C(=O)OC2C[C@@H](C(=O)O)N(C2)C(=O)[C@H](C(C)(C)C)CC(=O)OC1.CC[C@@H]1C[C@]1(CC(=O)[C@@H]1CC2CN1C(=O)[C@H](C(C)(C)C)CC(=O)OCC(C)(C)CCCCc1cccc3c1CN(C3)C(=O)O2)C(=O)NCC1CC1.CC[C@@H]1C[C@]1(N)C(=O)NCC1CC1. The van der Waals surface area contributed by atoms with E-state index in [1.165, 1.54) is 34.4 Å². The minimum absolute atomic E-state index is 0.00828. The van der Waals surface area contributed by atoms with Gasteiger partial charge in [0, 0.05) is 58.5 Å². The van der Waals surface area contributed by atoms with Gasteiger partial charge in [0.15, 0.2) is 5.78 Å². The number of carboxylic acids is 1. The van der Waals surface area contributed by atoms with E-state index in [1.807, 2.05) is 66.7 Å². The van der Waals surface area contributed by atoms with Crippen molar-refractivity contribution in [1.29, 1.82) is 0 Å². The molecule has 0 aromatic heterocycles. The van der Waals surface area contributed by atoms with Crippen molar-refractivity contribution in [2.45, 2.75) is 274 Å². The summed E-state index contributed by atoms with van der Waals surface area (Å²) in [6.45, 7) is 27.7. The molecule has 12 rings (SSSR count).